The molecule has 2 amide bonds. The molecule has 2 heterocycles. The topological polar surface area (TPSA) is 83.1 Å². The molecule has 0 radical (unpaired) electrons. The van der Waals surface area contributed by atoms with Gasteiger partial charge in [0.25, 0.3) is 0 Å². The minimum atomic E-state index is -0.660. The summed E-state index contributed by atoms with van der Waals surface area (Å²) >= 11 is 0. The summed E-state index contributed by atoms with van der Waals surface area (Å²) in [7, 11) is 0. The molecule has 3 rings (SSSR count). The number of amides is 2. The zero-order chi connectivity index (χ0) is 16.1. The number of fused-ring (bicyclic) bond motifs is 1. The molecule has 3 N–H and O–H groups in total. The van der Waals surface area contributed by atoms with E-state index < -0.39 is 17.2 Å². The Bertz CT molecular complexity index is 693. The van der Waals surface area contributed by atoms with Crippen LogP contribution >= 0.6 is 0 Å². The fourth-order valence-electron chi connectivity index (χ4n) is 3.16. The third kappa shape index (κ3) is 1.87. The minimum Gasteiger partial charge on any atom is -0.351 e. The van der Waals surface area contributed by atoms with Crippen LogP contribution in [-0.2, 0) is 0 Å². The van der Waals surface area contributed by atoms with Crippen molar-refractivity contribution in [2.24, 2.45) is 15.7 Å². The lowest BCUT2D eigenvalue weighted by atomic mass is 9.82. The molecule has 2 aliphatic rings. The Balaban J connectivity index is 2.08. The number of nitrogens with two attached hydrogens (primary N) is 1. The maximum absolute atomic E-state index is 11.7. The highest BCUT2D eigenvalue weighted by atomic mass is 16.2. The molecule has 0 spiro atoms. The number of nitrogens with one attached hydrogen (secondary N) is 1. The number of primary amides is 1. The quantitative estimate of drug-likeness (QED) is 0.826. The van der Waals surface area contributed by atoms with Gasteiger partial charge in [0, 0.05) is 11.3 Å². The summed E-state index contributed by atoms with van der Waals surface area (Å²) in [5, 5.41) is 3.31. The Hall–Kier alpha value is -2.21. The molecule has 0 aromatic heterocycles. The summed E-state index contributed by atoms with van der Waals surface area (Å²) in [5.41, 5.74) is 7.19. The lowest BCUT2D eigenvalue weighted by Gasteiger charge is -2.43. The molecule has 6 nitrogen and oxygen atoms in total. The Morgan fingerprint density at radius 2 is 1.91 bits per heavy atom. The van der Waals surface area contributed by atoms with Crippen LogP contribution in [0.1, 0.15) is 31.9 Å². The van der Waals surface area contributed by atoms with Gasteiger partial charge in [-0.3, -0.25) is 10.2 Å². The summed E-state index contributed by atoms with van der Waals surface area (Å²) in [4.78, 5) is 22.8. The van der Waals surface area contributed by atoms with Gasteiger partial charge in [0.05, 0.1) is 6.67 Å². The first-order chi connectivity index (χ1) is 10.3. The Kier molecular flexibility index (Phi) is 3.11. The largest absolute Gasteiger partial charge is 0.351 e. The first kappa shape index (κ1) is 14.7. The lowest BCUT2D eigenvalue weighted by Crippen LogP contribution is -2.64. The summed E-state index contributed by atoms with van der Waals surface area (Å²) in [6, 6.07) is 7.63. The van der Waals surface area contributed by atoms with Crippen LogP contribution in [0.15, 0.2) is 34.3 Å². The van der Waals surface area contributed by atoms with Crippen molar-refractivity contribution in [2.75, 3.05) is 6.67 Å². The highest BCUT2D eigenvalue weighted by Crippen LogP contribution is 2.39. The third-order valence-corrected chi connectivity index (χ3v) is 4.95. The predicted molar refractivity (Wildman–Crippen MR) is 87.1 cm³/mol. The second-order valence-corrected chi connectivity index (χ2v) is 6.24. The average molecular weight is 299 g/mol. The van der Waals surface area contributed by atoms with Crippen LogP contribution < -0.4 is 11.1 Å². The smallest absolute Gasteiger partial charge is 0.316 e. The van der Waals surface area contributed by atoms with Crippen molar-refractivity contribution in [3.63, 3.8) is 0 Å². The highest BCUT2D eigenvalue weighted by Gasteiger charge is 2.59. The van der Waals surface area contributed by atoms with Gasteiger partial charge >= 0.3 is 6.03 Å². The number of amidine groups is 1. The van der Waals surface area contributed by atoms with E-state index in [2.05, 4.69) is 10.3 Å². The van der Waals surface area contributed by atoms with E-state index in [4.69, 9.17) is 10.7 Å². The Labute approximate surface area is 130 Å². The van der Waals surface area contributed by atoms with Crippen molar-refractivity contribution in [3.8, 4) is 0 Å². The van der Waals surface area contributed by atoms with E-state index in [9.17, 15) is 4.79 Å². The molecule has 0 bridgehead atoms. The van der Waals surface area contributed by atoms with E-state index in [0.29, 0.717) is 12.5 Å². The van der Waals surface area contributed by atoms with Crippen LogP contribution in [-0.4, -0.2) is 40.3 Å². The van der Waals surface area contributed by atoms with Crippen molar-refractivity contribution in [3.05, 3.63) is 35.4 Å². The van der Waals surface area contributed by atoms with E-state index in [1.807, 2.05) is 52.0 Å². The van der Waals surface area contributed by atoms with Crippen LogP contribution in [0.4, 0.5) is 4.79 Å². The van der Waals surface area contributed by atoms with Crippen molar-refractivity contribution >= 4 is 17.6 Å². The summed E-state index contributed by atoms with van der Waals surface area (Å²) < 4.78 is 0. The fourth-order valence-corrected chi connectivity index (χ4v) is 3.16. The standard InChI is InChI=1S/C16H21N5O/c1-10-5-7-12(8-6-10)13-19-11(2)15(3)16(4,20-13)18-9-21(15)14(17)22/h5-8,18H,9H2,1-4H3,(H2,17,22). The van der Waals surface area contributed by atoms with Gasteiger partial charge in [0.1, 0.15) is 11.2 Å². The van der Waals surface area contributed by atoms with Gasteiger partial charge in [0.15, 0.2) is 5.84 Å². The molecule has 1 aromatic carbocycles. The molecule has 2 unspecified atom stereocenters. The second-order valence-electron chi connectivity index (χ2n) is 6.24. The number of urea groups is 1. The second kappa shape index (κ2) is 4.64. The fraction of sp³-hybridized carbons (Fsp3) is 0.438. The SMILES string of the molecule is CC1=NC(c2ccc(C)cc2)=NC2(C)NCN(C(N)=O)C12C. The highest BCUT2D eigenvalue weighted by molar-refractivity contribution is 6.12. The zero-order valence-electron chi connectivity index (χ0n) is 13.3. The summed E-state index contributed by atoms with van der Waals surface area (Å²) in [6.45, 7) is 8.25. The van der Waals surface area contributed by atoms with Gasteiger partial charge in [-0.1, -0.05) is 29.8 Å². The van der Waals surface area contributed by atoms with Crippen molar-refractivity contribution in [1.82, 2.24) is 10.2 Å². The molecule has 2 aliphatic heterocycles. The maximum Gasteiger partial charge on any atom is 0.316 e. The number of hydrogen-bond donors (Lipinski definition) is 2. The maximum atomic E-state index is 11.7. The first-order valence-electron chi connectivity index (χ1n) is 7.33. The van der Waals surface area contributed by atoms with Gasteiger partial charge in [-0.25, -0.2) is 14.8 Å². The number of nitrogens with zero attached hydrogens (tertiary/aromatic N) is 3. The number of rotatable bonds is 1. The molecule has 0 aliphatic carbocycles. The van der Waals surface area contributed by atoms with Crippen LogP contribution in [0.2, 0.25) is 0 Å². The van der Waals surface area contributed by atoms with Crippen LogP contribution in [0, 0.1) is 6.92 Å². The first-order valence-corrected chi connectivity index (χ1v) is 7.33. The number of aliphatic imine (C=N–C) groups is 2. The molecular formula is C16H21N5O. The number of aryl methyl sites for hydroxylation is 1. The Morgan fingerprint density at radius 1 is 1.27 bits per heavy atom. The molecule has 0 saturated carbocycles. The third-order valence-electron chi connectivity index (χ3n) is 4.95. The molecule has 6 heteroatoms. The monoisotopic (exact) mass is 299 g/mol. The van der Waals surface area contributed by atoms with Crippen LogP contribution in [0.3, 0.4) is 0 Å². The predicted octanol–water partition coefficient (Wildman–Crippen LogP) is 1.63. The average Bonchev–Trinajstić information content (AvgIpc) is 2.73. The molecule has 2 atom stereocenters. The van der Waals surface area contributed by atoms with Gasteiger partial charge in [-0.05, 0) is 27.7 Å². The number of carbonyl (C=O) groups is 1. The van der Waals surface area contributed by atoms with Gasteiger partial charge in [-0.2, -0.15) is 0 Å². The number of benzene rings is 1. The molecular weight excluding hydrogens is 278 g/mol. The van der Waals surface area contributed by atoms with Crippen LogP contribution in [0.25, 0.3) is 0 Å². The minimum absolute atomic E-state index is 0.361. The summed E-state index contributed by atoms with van der Waals surface area (Å²) in [6.07, 6.45) is 0. The summed E-state index contributed by atoms with van der Waals surface area (Å²) in [5.74, 6) is 0.677. The molecule has 1 fully saturated rings. The van der Waals surface area contributed by atoms with E-state index in [1.54, 1.807) is 4.90 Å². The van der Waals surface area contributed by atoms with Crippen LogP contribution in [0.5, 0.6) is 0 Å². The lowest BCUT2D eigenvalue weighted by molar-refractivity contribution is 0.173. The van der Waals surface area contributed by atoms with Crippen molar-refractivity contribution in [2.45, 2.75) is 38.9 Å². The molecule has 1 saturated heterocycles. The Morgan fingerprint density at radius 3 is 2.50 bits per heavy atom. The molecule has 116 valence electrons. The van der Waals surface area contributed by atoms with E-state index >= 15 is 0 Å². The van der Waals surface area contributed by atoms with E-state index in [-0.39, 0.29) is 0 Å². The number of hydrogen-bond acceptors (Lipinski definition) is 4. The van der Waals surface area contributed by atoms with Crippen molar-refractivity contribution < 1.29 is 4.79 Å². The molecule has 22 heavy (non-hydrogen) atoms. The van der Waals surface area contributed by atoms with Gasteiger partial charge in [-0.15, -0.1) is 0 Å². The van der Waals surface area contributed by atoms with Gasteiger partial charge in [0.2, 0.25) is 0 Å². The zero-order valence-corrected chi connectivity index (χ0v) is 13.3. The number of carbonyl (C=O) groups excluding carboxylic acids is 1. The van der Waals surface area contributed by atoms with Crippen molar-refractivity contribution in [1.29, 1.82) is 0 Å². The van der Waals surface area contributed by atoms with E-state index in [1.165, 1.54) is 5.56 Å². The molecule has 1 aromatic rings. The normalized spacial score (nSPS) is 30.6. The van der Waals surface area contributed by atoms with Gasteiger partial charge < -0.3 is 5.73 Å². The van der Waals surface area contributed by atoms with E-state index in [0.717, 1.165) is 11.3 Å².